The first-order valence-corrected chi connectivity index (χ1v) is 6.79. The van der Waals surface area contributed by atoms with E-state index in [1.165, 1.54) is 24.3 Å². The van der Waals surface area contributed by atoms with Gasteiger partial charge in [-0.2, -0.15) is 0 Å². The van der Waals surface area contributed by atoms with Gasteiger partial charge in [-0.25, -0.2) is 0 Å². The number of benzene rings is 1. The van der Waals surface area contributed by atoms with Crippen LogP contribution in [-0.2, 0) is 14.3 Å². The van der Waals surface area contributed by atoms with Crippen molar-refractivity contribution >= 4 is 29.2 Å². The number of ether oxygens (including phenoxy) is 1. The number of aliphatic carboxylic acids is 1. The van der Waals surface area contributed by atoms with Gasteiger partial charge in [-0.3, -0.25) is 14.6 Å². The third kappa shape index (κ3) is 2.60. The quantitative estimate of drug-likeness (QED) is 0.913. The van der Waals surface area contributed by atoms with Crippen molar-refractivity contribution in [2.24, 2.45) is 4.99 Å². The minimum atomic E-state index is -3.21. The second-order valence-corrected chi connectivity index (χ2v) is 5.14. The number of amides is 1. The molecule has 2 aliphatic rings. The Bertz CT molecular complexity index is 849. The van der Waals surface area contributed by atoms with E-state index in [0.717, 1.165) is 0 Å². The zero-order chi connectivity index (χ0) is 20.9. The van der Waals surface area contributed by atoms with E-state index in [-0.39, 0.29) is 24.3 Å². The van der Waals surface area contributed by atoms with Gasteiger partial charge in [0.1, 0.15) is 17.9 Å². The van der Waals surface area contributed by atoms with E-state index in [9.17, 15) is 9.59 Å². The normalized spacial score (nSPS) is 34.8. The summed E-state index contributed by atoms with van der Waals surface area (Å²) in [4.78, 5) is 29.6. The highest BCUT2D eigenvalue weighted by Gasteiger charge is 2.48. The Morgan fingerprint density at radius 2 is 2.36 bits per heavy atom. The molecule has 0 aliphatic carbocycles. The van der Waals surface area contributed by atoms with E-state index < -0.39 is 37.0 Å². The van der Waals surface area contributed by atoms with Crippen molar-refractivity contribution in [3.8, 4) is 0 Å². The second-order valence-electron chi connectivity index (χ2n) is 4.71. The maximum atomic E-state index is 13.1. The van der Waals surface area contributed by atoms with Gasteiger partial charge in [0.05, 0.1) is 17.3 Å². The molecule has 1 saturated heterocycles. The van der Waals surface area contributed by atoms with Crippen molar-refractivity contribution < 1.29 is 26.3 Å². The number of carbonyl (C=O) groups is 2. The summed E-state index contributed by atoms with van der Waals surface area (Å²) in [5.74, 6) is -2.78. The van der Waals surface area contributed by atoms with Crippen molar-refractivity contribution in [2.45, 2.75) is 18.5 Å². The van der Waals surface area contributed by atoms with Crippen LogP contribution in [0.15, 0.2) is 29.3 Å². The summed E-state index contributed by atoms with van der Waals surface area (Å²) in [5, 5.41) is 4.11. The average molecular weight is 329 g/mol. The van der Waals surface area contributed by atoms with Crippen LogP contribution in [0.4, 0.5) is 0 Å². The molecular weight excluding hydrogens is 308 g/mol. The molecule has 3 rings (SSSR count). The van der Waals surface area contributed by atoms with Gasteiger partial charge in [0, 0.05) is 26.1 Å². The molecule has 0 aromatic heterocycles. The lowest BCUT2D eigenvalue weighted by molar-refractivity contribution is -0.147. The first kappa shape index (κ1) is 9.27. The van der Waals surface area contributed by atoms with E-state index in [1.807, 2.05) is 0 Å². The van der Waals surface area contributed by atoms with Gasteiger partial charge in [0.2, 0.25) is 0 Å². The summed E-state index contributed by atoms with van der Waals surface area (Å²) in [6, 6.07) is 5.84. The number of halogens is 1. The van der Waals surface area contributed by atoms with Gasteiger partial charge in [-0.15, -0.1) is 0 Å². The molecule has 2 unspecified atom stereocenters. The van der Waals surface area contributed by atoms with E-state index in [0.29, 0.717) is 9.92 Å². The zero-order valence-corrected chi connectivity index (χ0v) is 12.0. The number of carboxylic acid groups (broad SMARTS) is 1. The van der Waals surface area contributed by atoms with Gasteiger partial charge in [0.25, 0.3) is 7.34 Å². The largest absolute Gasteiger partial charge is 0.480 e. The van der Waals surface area contributed by atoms with Crippen LogP contribution in [0.2, 0.25) is 5.02 Å². The minimum absolute atomic E-state index is 0.194. The number of carboxylic acids is 1. The SMILES string of the molecule is [2H]OC(=O)C([2H])([2H])N1C(=O)C(c2ccc(Cl)cc2)=NC12CCOC([2H])C2([2H])[2H]. The topological polar surface area (TPSA) is 79.2 Å². The maximum absolute atomic E-state index is 13.1. The van der Waals surface area contributed by atoms with Gasteiger partial charge in [-0.05, 0) is 12.1 Å². The smallest absolute Gasteiger partial charge is 0.323 e. The first-order chi connectivity index (χ1) is 13.0. The Balaban J connectivity index is 2.23. The summed E-state index contributed by atoms with van der Waals surface area (Å²) in [5.41, 5.74) is -2.30. The lowest BCUT2D eigenvalue weighted by atomic mass is 10.00. The molecule has 2 heterocycles. The monoisotopic (exact) mass is 328 g/mol. The molecule has 0 radical (unpaired) electrons. The molecule has 22 heavy (non-hydrogen) atoms. The Labute approximate surface area is 140 Å². The summed E-state index contributed by atoms with van der Waals surface area (Å²) in [6.45, 7) is -5.19. The summed E-state index contributed by atoms with van der Waals surface area (Å²) in [6.07, 6.45) is -2.96. The lowest BCUT2D eigenvalue weighted by Gasteiger charge is -2.38. The summed E-state index contributed by atoms with van der Waals surface area (Å²) < 4.78 is 52.4. The lowest BCUT2D eigenvalue weighted by Crippen LogP contribution is -2.52. The van der Waals surface area contributed by atoms with Gasteiger partial charge < -0.3 is 14.7 Å². The Morgan fingerprint density at radius 1 is 1.59 bits per heavy atom. The molecule has 1 spiro atoms. The van der Waals surface area contributed by atoms with Crippen molar-refractivity contribution in [1.29, 1.82) is 1.43 Å². The Morgan fingerprint density at radius 3 is 3.09 bits per heavy atom. The zero-order valence-electron chi connectivity index (χ0n) is 17.2. The van der Waals surface area contributed by atoms with E-state index in [2.05, 4.69) is 10.1 Å². The molecule has 1 N–H and O–H groups in total. The Kier molecular flexibility index (Phi) is 2.40. The standard InChI is InChI=1S/C15H15ClN2O4/c16-11-3-1-10(2-4-11)13-14(21)18(9-12(19)20)15(17-13)5-7-22-8-6-15/h1-4H,5-9H2,(H,19,20)/i5D2,7D,9D2/hD. The van der Waals surface area contributed by atoms with Crippen LogP contribution in [0, 0.1) is 0 Å². The summed E-state index contributed by atoms with van der Waals surface area (Å²) >= 11 is 5.84. The number of nitrogens with zero attached hydrogens (tertiary/aromatic N) is 2. The van der Waals surface area contributed by atoms with E-state index >= 15 is 0 Å². The van der Waals surface area contributed by atoms with Crippen LogP contribution in [0.1, 0.15) is 25.2 Å². The molecule has 6 nitrogen and oxygen atoms in total. The number of hydrogen-bond donors (Lipinski definition) is 1. The predicted octanol–water partition coefficient (Wildman–Crippen LogP) is 1.56. The second kappa shape index (κ2) is 5.70. The van der Waals surface area contributed by atoms with E-state index in [1.54, 1.807) is 0 Å². The molecule has 2 aliphatic heterocycles. The predicted molar refractivity (Wildman–Crippen MR) is 80.1 cm³/mol. The van der Waals surface area contributed by atoms with E-state index in [4.69, 9.17) is 24.6 Å². The molecule has 1 aromatic carbocycles. The molecule has 1 amide bonds. The molecule has 116 valence electrons. The maximum Gasteiger partial charge on any atom is 0.323 e. The van der Waals surface area contributed by atoms with Crippen LogP contribution >= 0.6 is 11.6 Å². The first-order valence-electron chi connectivity index (χ1n) is 9.39. The van der Waals surface area contributed by atoms with Crippen molar-refractivity contribution in [1.82, 2.24) is 4.90 Å². The van der Waals surface area contributed by atoms with Crippen molar-refractivity contribution in [3.05, 3.63) is 34.9 Å². The molecule has 1 fully saturated rings. The highest BCUT2D eigenvalue weighted by Crippen LogP contribution is 2.35. The molecule has 1 aromatic rings. The molecular formula is C15H15ClN2O4. The fourth-order valence-electron chi connectivity index (χ4n) is 2.32. The van der Waals surface area contributed by atoms with Gasteiger partial charge >= 0.3 is 5.97 Å². The average Bonchev–Trinajstić information content (AvgIpc) is 2.94. The third-order valence-corrected chi connectivity index (χ3v) is 3.59. The third-order valence-electron chi connectivity index (χ3n) is 3.34. The van der Waals surface area contributed by atoms with Crippen LogP contribution in [-0.4, -0.2) is 52.9 Å². The molecule has 0 saturated carbocycles. The van der Waals surface area contributed by atoms with Crippen molar-refractivity contribution in [3.63, 3.8) is 0 Å². The van der Waals surface area contributed by atoms with Crippen LogP contribution in [0.25, 0.3) is 1.43 Å². The highest BCUT2D eigenvalue weighted by molar-refractivity contribution is 6.47. The van der Waals surface area contributed by atoms with Crippen LogP contribution in [0.3, 0.4) is 0 Å². The fourth-order valence-corrected chi connectivity index (χ4v) is 2.45. The van der Waals surface area contributed by atoms with Gasteiger partial charge in [-0.1, -0.05) is 23.7 Å². The van der Waals surface area contributed by atoms with Crippen LogP contribution < -0.4 is 0 Å². The highest BCUT2D eigenvalue weighted by atomic mass is 35.5. The molecule has 2 atom stereocenters. The molecule has 7 heteroatoms. The number of aliphatic imine (C=N–C) groups is 1. The van der Waals surface area contributed by atoms with Crippen molar-refractivity contribution in [2.75, 3.05) is 19.7 Å². The molecule has 0 bridgehead atoms. The van der Waals surface area contributed by atoms with Crippen LogP contribution in [0.5, 0.6) is 0 Å². The number of carbonyl (C=O) groups excluding carboxylic acids is 1. The summed E-state index contributed by atoms with van der Waals surface area (Å²) in [7, 11) is 0. The number of hydrogen-bond acceptors (Lipinski definition) is 5. The number of rotatable bonds is 3. The van der Waals surface area contributed by atoms with Gasteiger partial charge in [0.15, 0.2) is 0 Å². The Hall–Kier alpha value is -1.92. The fraction of sp³-hybridized carbons (Fsp3) is 0.400. The minimum Gasteiger partial charge on any atom is -0.480 e.